The van der Waals surface area contributed by atoms with Crippen molar-refractivity contribution in [1.29, 1.82) is 0 Å². The fourth-order valence-corrected chi connectivity index (χ4v) is 2.42. The van der Waals surface area contributed by atoms with Crippen molar-refractivity contribution in [3.05, 3.63) is 64.7 Å². The molecule has 0 saturated carbocycles. The predicted octanol–water partition coefficient (Wildman–Crippen LogP) is 4.74. The molecule has 4 heteroatoms. The van der Waals surface area contributed by atoms with Gasteiger partial charge in [-0.25, -0.2) is 0 Å². The van der Waals surface area contributed by atoms with E-state index in [1.807, 2.05) is 31.2 Å². The van der Waals surface area contributed by atoms with Gasteiger partial charge in [-0.05, 0) is 48.3 Å². The van der Waals surface area contributed by atoms with E-state index in [2.05, 4.69) is 41.8 Å². The molecule has 0 aliphatic heterocycles. The summed E-state index contributed by atoms with van der Waals surface area (Å²) in [6.07, 6.45) is 0. The topological polar surface area (TPSA) is 24.1 Å². The van der Waals surface area contributed by atoms with Gasteiger partial charge in [0.1, 0.15) is 0 Å². The van der Waals surface area contributed by atoms with Crippen LogP contribution in [0, 0.1) is 6.92 Å². The lowest BCUT2D eigenvalue weighted by Gasteiger charge is -2.16. The van der Waals surface area contributed by atoms with Crippen molar-refractivity contribution in [3.8, 4) is 0 Å². The molecule has 0 spiro atoms. The molecule has 1 atom stereocenters. The normalized spacial score (nSPS) is 11.8. The zero-order valence-corrected chi connectivity index (χ0v) is 13.8. The van der Waals surface area contributed by atoms with Crippen LogP contribution in [0.4, 0.5) is 5.69 Å². The zero-order valence-electron chi connectivity index (χ0n) is 12.2. The Hall–Kier alpha value is -1.58. The molecule has 0 aliphatic carbocycles. The maximum atomic E-state index is 6.10. The van der Waals surface area contributed by atoms with Crippen LogP contribution >= 0.6 is 23.8 Å². The second kappa shape index (κ2) is 7.43. The number of benzene rings is 2. The van der Waals surface area contributed by atoms with Crippen molar-refractivity contribution in [2.24, 2.45) is 0 Å². The van der Waals surface area contributed by atoms with E-state index >= 15 is 0 Å². The number of hydrogen-bond donors (Lipinski definition) is 2. The van der Waals surface area contributed by atoms with Gasteiger partial charge >= 0.3 is 0 Å². The van der Waals surface area contributed by atoms with Gasteiger partial charge in [-0.15, -0.1) is 0 Å². The first-order valence-corrected chi connectivity index (χ1v) is 7.71. The van der Waals surface area contributed by atoms with E-state index in [9.17, 15) is 0 Å². The summed E-state index contributed by atoms with van der Waals surface area (Å²) in [4.78, 5) is 0. The largest absolute Gasteiger partial charge is 0.362 e. The Balaban J connectivity index is 1.89. The van der Waals surface area contributed by atoms with Gasteiger partial charge < -0.3 is 10.6 Å². The number of anilines is 1. The third-order valence-electron chi connectivity index (χ3n) is 3.45. The molecule has 2 N–H and O–H groups in total. The third kappa shape index (κ3) is 4.45. The van der Waals surface area contributed by atoms with Gasteiger partial charge in [0.05, 0.1) is 0 Å². The van der Waals surface area contributed by atoms with E-state index in [1.54, 1.807) is 0 Å². The molecule has 0 aromatic heterocycles. The molecule has 21 heavy (non-hydrogen) atoms. The number of thiocarbonyl (C=S) groups is 1. The Morgan fingerprint density at radius 3 is 2.57 bits per heavy atom. The molecule has 0 amide bonds. The fraction of sp³-hybridized carbons (Fsp3) is 0.235. The van der Waals surface area contributed by atoms with Crippen LogP contribution in [0.2, 0.25) is 5.02 Å². The Bertz CT molecular complexity index is 613. The molecule has 110 valence electrons. The molecule has 2 nitrogen and oxygen atoms in total. The minimum Gasteiger partial charge on any atom is -0.362 e. The summed E-state index contributed by atoms with van der Waals surface area (Å²) in [7, 11) is 0. The van der Waals surface area contributed by atoms with Gasteiger partial charge in [0.25, 0.3) is 0 Å². The molecule has 0 heterocycles. The van der Waals surface area contributed by atoms with Gasteiger partial charge in [0, 0.05) is 17.3 Å². The maximum absolute atomic E-state index is 6.10. The highest BCUT2D eigenvalue weighted by molar-refractivity contribution is 7.80. The number of halogens is 1. The standard InChI is InChI=1S/C17H19ClN2S/c1-12(14-7-4-3-5-8-14)11-19-17(21)20-16-10-6-9-15(18)13(16)2/h3-10,12H,11H2,1-2H3,(H2,19,20,21)/t12-/m1/s1. The monoisotopic (exact) mass is 318 g/mol. The zero-order chi connectivity index (χ0) is 15.2. The average molecular weight is 319 g/mol. The van der Waals surface area contributed by atoms with Crippen LogP contribution in [0.3, 0.4) is 0 Å². The first-order valence-electron chi connectivity index (χ1n) is 6.93. The number of hydrogen-bond acceptors (Lipinski definition) is 1. The second-order valence-electron chi connectivity index (χ2n) is 5.06. The quantitative estimate of drug-likeness (QED) is 0.796. The molecule has 2 rings (SSSR count). The van der Waals surface area contributed by atoms with E-state index < -0.39 is 0 Å². The molecular formula is C17H19ClN2S. The summed E-state index contributed by atoms with van der Waals surface area (Å²) in [6.45, 7) is 4.94. The second-order valence-corrected chi connectivity index (χ2v) is 5.87. The molecule has 0 aliphatic rings. The van der Waals surface area contributed by atoms with Crippen LogP contribution in [0.25, 0.3) is 0 Å². The van der Waals surface area contributed by atoms with Crippen molar-refractivity contribution in [2.75, 3.05) is 11.9 Å². The van der Waals surface area contributed by atoms with Gasteiger partial charge in [-0.1, -0.05) is 54.9 Å². The fourth-order valence-electron chi connectivity index (χ4n) is 2.05. The highest BCUT2D eigenvalue weighted by Gasteiger charge is 2.07. The van der Waals surface area contributed by atoms with Crippen LogP contribution in [0.15, 0.2) is 48.5 Å². The maximum Gasteiger partial charge on any atom is 0.170 e. The van der Waals surface area contributed by atoms with Gasteiger partial charge in [0.2, 0.25) is 0 Å². The Morgan fingerprint density at radius 1 is 1.14 bits per heavy atom. The van der Waals surface area contributed by atoms with Crippen molar-refractivity contribution < 1.29 is 0 Å². The summed E-state index contributed by atoms with van der Waals surface area (Å²) in [5, 5.41) is 7.80. The summed E-state index contributed by atoms with van der Waals surface area (Å²) in [5.74, 6) is 0.395. The summed E-state index contributed by atoms with van der Waals surface area (Å²) >= 11 is 11.4. The summed E-state index contributed by atoms with van der Waals surface area (Å²) in [6, 6.07) is 16.1. The van der Waals surface area contributed by atoms with Crippen molar-refractivity contribution in [2.45, 2.75) is 19.8 Å². The van der Waals surface area contributed by atoms with Crippen LogP contribution in [0.1, 0.15) is 24.0 Å². The van der Waals surface area contributed by atoms with E-state index in [4.69, 9.17) is 23.8 Å². The number of rotatable bonds is 4. The Morgan fingerprint density at radius 2 is 1.86 bits per heavy atom. The molecule has 0 unspecified atom stereocenters. The van der Waals surface area contributed by atoms with Crippen LogP contribution in [-0.2, 0) is 0 Å². The average Bonchev–Trinajstić information content (AvgIpc) is 2.50. The van der Waals surface area contributed by atoms with E-state index in [1.165, 1.54) is 5.56 Å². The van der Waals surface area contributed by atoms with Crippen LogP contribution in [0.5, 0.6) is 0 Å². The SMILES string of the molecule is Cc1c(Cl)cccc1NC(=S)NC[C@@H](C)c1ccccc1. The smallest absolute Gasteiger partial charge is 0.170 e. The third-order valence-corrected chi connectivity index (χ3v) is 4.11. The van der Waals surface area contributed by atoms with Gasteiger partial charge in [-0.2, -0.15) is 0 Å². The molecule has 2 aromatic carbocycles. The van der Waals surface area contributed by atoms with Crippen molar-refractivity contribution in [1.82, 2.24) is 5.32 Å². The highest BCUT2D eigenvalue weighted by Crippen LogP contribution is 2.22. The Labute approximate surface area is 136 Å². The van der Waals surface area contributed by atoms with Gasteiger partial charge in [-0.3, -0.25) is 0 Å². The van der Waals surface area contributed by atoms with E-state index in [0.29, 0.717) is 11.0 Å². The van der Waals surface area contributed by atoms with E-state index in [0.717, 1.165) is 22.8 Å². The minimum absolute atomic E-state index is 0.395. The lowest BCUT2D eigenvalue weighted by molar-refractivity contribution is 0.723. The first-order chi connectivity index (χ1) is 10.1. The van der Waals surface area contributed by atoms with Crippen LogP contribution in [-0.4, -0.2) is 11.7 Å². The molecule has 0 bridgehead atoms. The predicted molar refractivity (Wildman–Crippen MR) is 95.3 cm³/mol. The summed E-state index contributed by atoms with van der Waals surface area (Å²) in [5.41, 5.74) is 3.23. The number of nitrogens with one attached hydrogen (secondary N) is 2. The molecule has 0 fully saturated rings. The van der Waals surface area contributed by atoms with Gasteiger partial charge in [0.15, 0.2) is 5.11 Å². The van der Waals surface area contributed by atoms with Crippen LogP contribution < -0.4 is 10.6 Å². The molecular weight excluding hydrogens is 300 g/mol. The minimum atomic E-state index is 0.395. The lowest BCUT2D eigenvalue weighted by Crippen LogP contribution is -2.31. The molecule has 2 aromatic rings. The van der Waals surface area contributed by atoms with Crippen molar-refractivity contribution in [3.63, 3.8) is 0 Å². The summed E-state index contributed by atoms with van der Waals surface area (Å²) < 4.78 is 0. The molecule has 0 saturated heterocycles. The lowest BCUT2D eigenvalue weighted by atomic mass is 10.0. The van der Waals surface area contributed by atoms with E-state index in [-0.39, 0.29) is 0 Å². The Kier molecular flexibility index (Phi) is 5.59. The first kappa shape index (κ1) is 15.8. The highest BCUT2D eigenvalue weighted by atomic mass is 35.5. The molecule has 0 radical (unpaired) electrons. The van der Waals surface area contributed by atoms with Crippen molar-refractivity contribution >= 4 is 34.6 Å².